The van der Waals surface area contributed by atoms with Crippen LogP contribution in [0, 0.1) is 0 Å². The lowest BCUT2D eigenvalue weighted by Crippen LogP contribution is -2.43. The average Bonchev–Trinajstić information content (AvgIpc) is 3.21. The number of nitrogen functional groups attached to an aromatic ring is 1. The number of aliphatic carboxylic acids is 1. The number of aromatic nitrogens is 5. The Hall–Kier alpha value is -2.94. The number of nitrogens with zero attached hydrogens (tertiary/aromatic N) is 5. The molecule has 4 N–H and O–H groups in total. The standard InChI is InChI=1S/C16H19N7O2/c1-22-8-10(6-19-22)11-7-20-23-14(17)4-13(21-15(11)23)9-2-3-12(16(24)25)18-5-9/h4,6-9,12,18H,2-3,5,17H2,1H3,(H,24,25). The SMILES string of the molecule is Cn1cc(-c2cnn3c(N)cc(C4CCC(C(=O)O)NC4)nc23)cn1. The van der Waals surface area contributed by atoms with Crippen molar-refractivity contribution >= 4 is 17.4 Å². The second-order valence-electron chi connectivity index (χ2n) is 6.38. The molecule has 0 saturated carbocycles. The maximum Gasteiger partial charge on any atom is 0.320 e. The van der Waals surface area contributed by atoms with Crippen LogP contribution in [0.1, 0.15) is 24.5 Å². The Morgan fingerprint density at radius 2 is 2.20 bits per heavy atom. The minimum absolute atomic E-state index is 0.125. The van der Waals surface area contributed by atoms with Crippen molar-refractivity contribution in [3.63, 3.8) is 0 Å². The van der Waals surface area contributed by atoms with Crippen molar-refractivity contribution in [1.82, 2.24) is 29.7 Å². The van der Waals surface area contributed by atoms with Gasteiger partial charge in [0.1, 0.15) is 11.9 Å². The summed E-state index contributed by atoms with van der Waals surface area (Å²) >= 11 is 0. The van der Waals surface area contributed by atoms with Crippen LogP contribution in [0.3, 0.4) is 0 Å². The summed E-state index contributed by atoms with van der Waals surface area (Å²) in [6, 6.07) is 1.33. The second-order valence-corrected chi connectivity index (χ2v) is 6.38. The number of carboxylic acids is 1. The van der Waals surface area contributed by atoms with E-state index in [4.69, 9.17) is 15.8 Å². The lowest BCUT2D eigenvalue weighted by atomic mass is 9.92. The molecule has 1 aliphatic rings. The van der Waals surface area contributed by atoms with Crippen LogP contribution < -0.4 is 11.1 Å². The van der Waals surface area contributed by atoms with Crippen molar-refractivity contribution in [3.05, 3.63) is 30.4 Å². The summed E-state index contributed by atoms with van der Waals surface area (Å²) < 4.78 is 3.34. The number of nitrogens with two attached hydrogens (primary N) is 1. The maximum absolute atomic E-state index is 11.1. The Morgan fingerprint density at radius 1 is 1.36 bits per heavy atom. The number of carbonyl (C=O) groups is 1. The summed E-state index contributed by atoms with van der Waals surface area (Å²) in [6.45, 7) is 0.565. The van der Waals surface area contributed by atoms with Gasteiger partial charge in [0.15, 0.2) is 5.65 Å². The molecule has 4 heterocycles. The van der Waals surface area contributed by atoms with E-state index in [1.54, 1.807) is 21.6 Å². The molecule has 1 fully saturated rings. The summed E-state index contributed by atoms with van der Waals surface area (Å²) in [4.78, 5) is 15.8. The van der Waals surface area contributed by atoms with Crippen LogP contribution in [-0.2, 0) is 11.8 Å². The van der Waals surface area contributed by atoms with Crippen LogP contribution in [0.5, 0.6) is 0 Å². The lowest BCUT2D eigenvalue weighted by molar-refractivity contribution is -0.140. The van der Waals surface area contributed by atoms with Gasteiger partial charge in [0.05, 0.1) is 18.1 Å². The molecule has 3 aromatic heterocycles. The van der Waals surface area contributed by atoms with Crippen molar-refractivity contribution in [2.24, 2.45) is 7.05 Å². The molecule has 9 heteroatoms. The molecule has 3 aromatic rings. The number of hydrogen-bond acceptors (Lipinski definition) is 6. The van der Waals surface area contributed by atoms with E-state index in [2.05, 4.69) is 15.5 Å². The third-order valence-electron chi connectivity index (χ3n) is 4.67. The first kappa shape index (κ1) is 15.6. The minimum Gasteiger partial charge on any atom is -0.480 e. The quantitative estimate of drug-likeness (QED) is 0.638. The fourth-order valence-electron chi connectivity index (χ4n) is 3.30. The smallest absolute Gasteiger partial charge is 0.320 e. The zero-order valence-corrected chi connectivity index (χ0v) is 13.8. The molecule has 0 bridgehead atoms. The monoisotopic (exact) mass is 341 g/mol. The van der Waals surface area contributed by atoms with E-state index >= 15 is 0 Å². The zero-order valence-electron chi connectivity index (χ0n) is 13.8. The largest absolute Gasteiger partial charge is 0.480 e. The number of piperidine rings is 1. The Labute approximate surface area is 143 Å². The summed E-state index contributed by atoms with van der Waals surface area (Å²) in [5, 5.41) is 20.7. The number of rotatable bonds is 3. The molecule has 25 heavy (non-hydrogen) atoms. The highest BCUT2D eigenvalue weighted by molar-refractivity contribution is 5.77. The fraction of sp³-hybridized carbons (Fsp3) is 0.375. The van der Waals surface area contributed by atoms with Gasteiger partial charge in [-0.2, -0.15) is 14.7 Å². The van der Waals surface area contributed by atoms with Gasteiger partial charge in [-0.1, -0.05) is 0 Å². The number of aryl methyl sites for hydroxylation is 1. The van der Waals surface area contributed by atoms with Gasteiger partial charge in [0.2, 0.25) is 0 Å². The van der Waals surface area contributed by atoms with Crippen LogP contribution in [-0.4, -0.2) is 48.0 Å². The van der Waals surface area contributed by atoms with E-state index in [1.165, 1.54) is 0 Å². The molecule has 9 nitrogen and oxygen atoms in total. The fourth-order valence-corrected chi connectivity index (χ4v) is 3.30. The second kappa shape index (κ2) is 5.85. The molecule has 2 atom stereocenters. The average molecular weight is 341 g/mol. The van der Waals surface area contributed by atoms with Crippen LogP contribution in [0.2, 0.25) is 0 Å². The molecule has 0 amide bonds. The zero-order chi connectivity index (χ0) is 17.6. The summed E-state index contributed by atoms with van der Waals surface area (Å²) in [5.41, 5.74) is 9.49. The molecule has 4 rings (SSSR count). The Bertz CT molecular complexity index is 937. The van der Waals surface area contributed by atoms with Gasteiger partial charge in [-0.15, -0.1) is 0 Å². The van der Waals surface area contributed by atoms with Crippen LogP contribution in [0.25, 0.3) is 16.8 Å². The van der Waals surface area contributed by atoms with Gasteiger partial charge >= 0.3 is 5.97 Å². The van der Waals surface area contributed by atoms with E-state index in [1.807, 2.05) is 19.3 Å². The third-order valence-corrected chi connectivity index (χ3v) is 4.67. The first-order valence-electron chi connectivity index (χ1n) is 8.12. The van der Waals surface area contributed by atoms with Crippen LogP contribution in [0.15, 0.2) is 24.7 Å². The normalized spacial score (nSPS) is 20.8. The third kappa shape index (κ3) is 2.72. The Morgan fingerprint density at radius 3 is 2.84 bits per heavy atom. The maximum atomic E-state index is 11.1. The van der Waals surface area contributed by atoms with Crippen molar-refractivity contribution < 1.29 is 9.90 Å². The number of anilines is 1. The van der Waals surface area contributed by atoms with Gasteiger partial charge in [-0.25, -0.2) is 4.98 Å². The molecule has 2 unspecified atom stereocenters. The van der Waals surface area contributed by atoms with Gasteiger partial charge in [0.25, 0.3) is 0 Å². The van der Waals surface area contributed by atoms with Crippen molar-refractivity contribution in [2.75, 3.05) is 12.3 Å². The number of nitrogens with one attached hydrogen (secondary N) is 1. The first-order valence-corrected chi connectivity index (χ1v) is 8.12. The highest BCUT2D eigenvalue weighted by Gasteiger charge is 2.27. The number of fused-ring (bicyclic) bond motifs is 1. The van der Waals surface area contributed by atoms with Crippen molar-refractivity contribution in [2.45, 2.75) is 24.8 Å². The molecule has 0 spiro atoms. The van der Waals surface area contributed by atoms with Gasteiger partial charge < -0.3 is 16.2 Å². The summed E-state index contributed by atoms with van der Waals surface area (Å²) in [5.74, 6) is -0.175. The minimum atomic E-state index is -0.809. The predicted octanol–water partition coefficient (Wildman–Crippen LogP) is 0.632. The number of hydrogen-bond donors (Lipinski definition) is 3. The lowest BCUT2D eigenvalue weighted by Gasteiger charge is -2.27. The molecule has 0 radical (unpaired) electrons. The highest BCUT2D eigenvalue weighted by atomic mass is 16.4. The molecule has 0 aromatic carbocycles. The van der Waals surface area contributed by atoms with E-state index in [-0.39, 0.29) is 5.92 Å². The van der Waals surface area contributed by atoms with E-state index < -0.39 is 12.0 Å². The van der Waals surface area contributed by atoms with E-state index in [0.717, 1.165) is 23.2 Å². The molecule has 130 valence electrons. The van der Waals surface area contributed by atoms with Crippen LogP contribution >= 0.6 is 0 Å². The highest BCUT2D eigenvalue weighted by Crippen LogP contribution is 2.29. The molecular weight excluding hydrogens is 322 g/mol. The Balaban J connectivity index is 1.70. The van der Waals surface area contributed by atoms with Crippen molar-refractivity contribution in [3.8, 4) is 11.1 Å². The Kier molecular flexibility index (Phi) is 3.65. The van der Waals surface area contributed by atoms with Gasteiger partial charge in [0, 0.05) is 42.9 Å². The first-order chi connectivity index (χ1) is 12.0. The predicted molar refractivity (Wildman–Crippen MR) is 91.0 cm³/mol. The molecular formula is C16H19N7O2. The van der Waals surface area contributed by atoms with Gasteiger partial charge in [-0.3, -0.25) is 9.48 Å². The van der Waals surface area contributed by atoms with E-state index in [9.17, 15) is 4.79 Å². The topological polar surface area (TPSA) is 123 Å². The molecule has 1 aliphatic heterocycles. The number of carboxylic acid groups (broad SMARTS) is 1. The summed E-state index contributed by atoms with van der Waals surface area (Å²) in [6.07, 6.45) is 6.73. The van der Waals surface area contributed by atoms with Gasteiger partial charge in [-0.05, 0) is 12.8 Å². The van der Waals surface area contributed by atoms with Crippen molar-refractivity contribution in [1.29, 1.82) is 0 Å². The molecule has 1 saturated heterocycles. The summed E-state index contributed by atoms with van der Waals surface area (Å²) in [7, 11) is 1.86. The molecule has 0 aliphatic carbocycles. The van der Waals surface area contributed by atoms with E-state index in [0.29, 0.717) is 24.4 Å². The van der Waals surface area contributed by atoms with Crippen LogP contribution in [0.4, 0.5) is 5.82 Å².